The molecule has 42 valence electrons. The summed E-state index contributed by atoms with van der Waals surface area (Å²) in [5.74, 6) is -0.356. The van der Waals surface area contributed by atoms with Crippen LogP contribution in [0.15, 0.2) is 16.8 Å². The lowest BCUT2D eigenvalue weighted by Gasteiger charge is -1.73. The van der Waals surface area contributed by atoms with Gasteiger partial charge in [-0.25, -0.2) is 0 Å². The zero-order valence-electron chi connectivity index (χ0n) is 3.80. The molecule has 0 aliphatic heterocycles. The van der Waals surface area contributed by atoms with E-state index in [2.05, 4.69) is 9.68 Å². The Bertz CT molecular complexity index is 182. The predicted molar refractivity (Wildman–Crippen MR) is 21.9 cm³/mol. The molecule has 0 bridgehead atoms. The first-order valence-electron chi connectivity index (χ1n) is 1.91. The molecule has 0 aromatic carbocycles. The van der Waals surface area contributed by atoms with Crippen LogP contribution in [0.5, 0.6) is 0 Å². The second-order valence-corrected chi connectivity index (χ2v) is 1.15. The average Bonchev–Trinajstić information content (AvgIpc) is 2.12. The van der Waals surface area contributed by atoms with Crippen LogP contribution < -0.4 is 0 Å². The van der Waals surface area contributed by atoms with Crippen molar-refractivity contribution in [3.8, 4) is 0 Å². The Morgan fingerprint density at radius 3 is 2.88 bits per heavy atom. The molecule has 0 unspecified atom stereocenters. The highest BCUT2D eigenvalue weighted by atomic mass is 19.1. The highest BCUT2D eigenvalue weighted by molar-refractivity contribution is 5.84. The molecule has 0 spiro atoms. The van der Waals surface area contributed by atoms with Crippen LogP contribution in [0.4, 0.5) is 4.39 Å². The summed E-state index contributed by atoms with van der Waals surface area (Å²) < 4.78 is 15.6. The van der Waals surface area contributed by atoms with E-state index >= 15 is 0 Å². The van der Waals surface area contributed by atoms with Gasteiger partial charge in [0.15, 0.2) is 0 Å². The lowest BCUT2D eigenvalue weighted by Crippen LogP contribution is -1.83. The molecule has 0 aliphatic rings. The number of rotatable bonds is 1. The number of nitrogens with zero attached hydrogens (tertiary/aromatic N) is 1. The predicted octanol–water partition coefficient (Wildman–Crippen LogP) is 0.784. The Balaban J connectivity index is 2.93. The fraction of sp³-hybridized carbons (Fsp3) is 0. The number of hydrogen-bond acceptors (Lipinski definition) is 3. The van der Waals surface area contributed by atoms with E-state index in [9.17, 15) is 9.18 Å². The molecule has 0 saturated carbocycles. The molecule has 1 rings (SSSR count). The van der Waals surface area contributed by atoms with E-state index in [0.717, 1.165) is 6.07 Å². The summed E-state index contributed by atoms with van der Waals surface area (Å²) in [7, 11) is 0. The maximum Gasteiger partial charge on any atom is 0.369 e. The standard InChI is InChI=1S/C4H2FNO2/c5-4(7)3-1-2-6-8-3/h1-2H. The Hall–Kier alpha value is -1.19. The Morgan fingerprint density at radius 2 is 2.62 bits per heavy atom. The van der Waals surface area contributed by atoms with Gasteiger partial charge >= 0.3 is 6.04 Å². The molecule has 0 N–H and O–H groups in total. The monoisotopic (exact) mass is 115 g/mol. The molecule has 3 nitrogen and oxygen atoms in total. The molecule has 0 atom stereocenters. The number of carbonyl (C=O) groups is 1. The van der Waals surface area contributed by atoms with Crippen LogP contribution in [0.3, 0.4) is 0 Å². The topological polar surface area (TPSA) is 43.1 Å². The SMILES string of the molecule is O=C(F)c1ccno1. The highest BCUT2D eigenvalue weighted by Gasteiger charge is 2.05. The molecule has 1 aromatic rings. The van der Waals surface area contributed by atoms with Crippen LogP contribution >= 0.6 is 0 Å². The summed E-state index contributed by atoms with van der Waals surface area (Å²) in [4.78, 5) is 9.71. The van der Waals surface area contributed by atoms with Crippen molar-refractivity contribution in [3.63, 3.8) is 0 Å². The fourth-order valence-corrected chi connectivity index (χ4v) is 0.317. The van der Waals surface area contributed by atoms with Gasteiger partial charge in [-0.15, -0.1) is 0 Å². The molecule has 1 heterocycles. The zero-order chi connectivity index (χ0) is 5.98. The summed E-state index contributed by atoms with van der Waals surface area (Å²) in [5.41, 5.74) is 0. The van der Waals surface area contributed by atoms with E-state index < -0.39 is 6.04 Å². The van der Waals surface area contributed by atoms with Gasteiger partial charge in [-0.1, -0.05) is 5.16 Å². The van der Waals surface area contributed by atoms with Crippen LogP contribution in [0.25, 0.3) is 0 Å². The quantitative estimate of drug-likeness (QED) is 0.508. The molecular formula is C4H2FNO2. The summed E-state index contributed by atoms with van der Waals surface area (Å²) in [6, 6.07) is -0.440. The van der Waals surface area contributed by atoms with Gasteiger partial charge in [0.05, 0.1) is 6.20 Å². The first-order valence-corrected chi connectivity index (χ1v) is 1.91. The highest BCUT2D eigenvalue weighted by Crippen LogP contribution is 1.96. The number of aromatic nitrogens is 1. The Kier molecular flexibility index (Phi) is 1.07. The molecule has 0 amide bonds. The molecule has 0 saturated heterocycles. The van der Waals surface area contributed by atoms with Crippen molar-refractivity contribution in [3.05, 3.63) is 18.0 Å². The Morgan fingerprint density at radius 1 is 1.88 bits per heavy atom. The van der Waals surface area contributed by atoms with E-state index in [1.54, 1.807) is 0 Å². The smallest absolute Gasteiger partial charge is 0.350 e. The van der Waals surface area contributed by atoms with Gasteiger partial charge in [0, 0.05) is 6.07 Å². The largest absolute Gasteiger partial charge is 0.369 e. The van der Waals surface area contributed by atoms with Crippen molar-refractivity contribution < 1.29 is 13.7 Å². The number of carbonyl (C=O) groups excluding carboxylic acids is 1. The minimum Gasteiger partial charge on any atom is -0.350 e. The van der Waals surface area contributed by atoms with Gasteiger partial charge < -0.3 is 4.52 Å². The molecular weight excluding hydrogens is 113 g/mol. The van der Waals surface area contributed by atoms with Crippen molar-refractivity contribution in [1.82, 2.24) is 5.16 Å². The lowest BCUT2D eigenvalue weighted by atomic mass is 10.5. The third-order valence-corrected chi connectivity index (χ3v) is 0.632. The van der Waals surface area contributed by atoms with Gasteiger partial charge in [0.1, 0.15) is 0 Å². The minimum absolute atomic E-state index is 0.356. The van der Waals surface area contributed by atoms with Crippen LogP contribution in [0, 0.1) is 0 Å². The lowest BCUT2D eigenvalue weighted by molar-refractivity contribution is 0.0795. The third-order valence-electron chi connectivity index (χ3n) is 0.632. The number of halogens is 1. The van der Waals surface area contributed by atoms with Crippen molar-refractivity contribution in [2.75, 3.05) is 0 Å². The second kappa shape index (κ2) is 1.73. The summed E-state index contributed by atoms with van der Waals surface area (Å²) >= 11 is 0. The van der Waals surface area contributed by atoms with Gasteiger partial charge in [0.25, 0.3) is 0 Å². The van der Waals surface area contributed by atoms with Gasteiger partial charge in [-0.3, -0.25) is 4.79 Å². The summed E-state index contributed by atoms with van der Waals surface area (Å²) in [6.45, 7) is 0. The van der Waals surface area contributed by atoms with Crippen LogP contribution in [0.1, 0.15) is 10.6 Å². The van der Waals surface area contributed by atoms with Crippen LogP contribution in [-0.4, -0.2) is 11.2 Å². The zero-order valence-corrected chi connectivity index (χ0v) is 3.80. The van der Waals surface area contributed by atoms with E-state index in [1.807, 2.05) is 0 Å². The summed E-state index contributed by atoms with van der Waals surface area (Å²) in [5, 5.41) is 3.11. The average molecular weight is 115 g/mol. The first kappa shape index (κ1) is 4.96. The number of hydrogen-bond donors (Lipinski definition) is 0. The molecule has 4 heteroatoms. The molecule has 0 radical (unpaired) electrons. The van der Waals surface area contributed by atoms with Gasteiger partial charge in [-0.05, 0) is 0 Å². The Labute approximate surface area is 44.1 Å². The van der Waals surface area contributed by atoms with Crippen molar-refractivity contribution in [1.29, 1.82) is 0 Å². The fourth-order valence-electron chi connectivity index (χ4n) is 0.317. The molecule has 0 aliphatic carbocycles. The van der Waals surface area contributed by atoms with Gasteiger partial charge in [-0.2, -0.15) is 4.39 Å². The van der Waals surface area contributed by atoms with E-state index in [0.29, 0.717) is 0 Å². The minimum atomic E-state index is -1.59. The van der Waals surface area contributed by atoms with Crippen molar-refractivity contribution >= 4 is 6.04 Å². The summed E-state index contributed by atoms with van der Waals surface area (Å²) in [6.07, 6.45) is 1.20. The van der Waals surface area contributed by atoms with E-state index in [-0.39, 0.29) is 5.76 Å². The molecule has 8 heavy (non-hydrogen) atoms. The van der Waals surface area contributed by atoms with Gasteiger partial charge in [0.2, 0.25) is 5.76 Å². The van der Waals surface area contributed by atoms with Crippen LogP contribution in [0.2, 0.25) is 0 Å². The van der Waals surface area contributed by atoms with E-state index in [4.69, 9.17) is 0 Å². The maximum absolute atomic E-state index is 11.5. The third kappa shape index (κ3) is 0.726. The van der Waals surface area contributed by atoms with Crippen LogP contribution in [-0.2, 0) is 0 Å². The molecule has 1 aromatic heterocycles. The van der Waals surface area contributed by atoms with E-state index in [1.165, 1.54) is 6.20 Å². The van der Waals surface area contributed by atoms with Crippen molar-refractivity contribution in [2.24, 2.45) is 0 Å². The first-order chi connectivity index (χ1) is 3.80. The normalized spacial score (nSPS) is 9.12. The van der Waals surface area contributed by atoms with Crippen molar-refractivity contribution in [2.45, 2.75) is 0 Å². The maximum atomic E-state index is 11.5. The second-order valence-electron chi connectivity index (χ2n) is 1.15. The molecule has 0 fully saturated rings.